The summed E-state index contributed by atoms with van der Waals surface area (Å²) in [5.74, 6) is 3.95. The number of hydrogen-bond donors (Lipinski definition) is 3. The fraction of sp³-hybridized carbons (Fsp3) is 0. The number of pyridine rings is 1. The number of nitrogens with one attached hydrogen (secondary N) is 1. The van der Waals surface area contributed by atoms with Gasteiger partial charge >= 0.3 is 0 Å². The van der Waals surface area contributed by atoms with Gasteiger partial charge in [-0.05, 0) is 6.07 Å². The molecule has 0 atom stereocenters. The molecule has 1 aromatic heterocycles. The summed E-state index contributed by atoms with van der Waals surface area (Å²) in [7, 11) is 0. The Bertz CT molecular complexity index is 570. The van der Waals surface area contributed by atoms with E-state index in [1.165, 1.54) is 18.3 Å². The van der Waals surface area contributed by atoms with Crippen molar-refractivity contribution in [3.63, 3.8) is 0 Å². The zero-order valence-corrected chi connectivity index (χ0v) is 8.20. The van der Waals surface area contributed by atoms with Gasteiger partial charge in [-0.2, -0.15) is 0 Å². The molecular weight excluding hydrogens is 211 g/mol. The molecule has 0 saturated heterocycles. The molecule has 16 heavy (non-hydrogen) atoms. The molecule has 0 radical (unpaired) electrons. The second kappa shape index (κ2) is 3.74. The third kappa shape index (κ3) is 1.45. The lowest BCUT2D eigenvalue weighted by Crippen LogP contribution is -2.30. The lowest BCUT2D eigenvalue weighted by atomic mass is 10.1. The number of halogens is 1. The van der Waals surface area contributed by atoms with E-state index in [4.69, 9.17) is 11.6 Å². The number of carbonyl (C=O) groups excluding carboxylic acids is 1. The van der Waals surface area contributed by atoms with Gasteiger partial charge in [-0.15, -0.1) is 0 Å². The van der Waals surface area contributed by atoms with Crippen LogP contribution in [0.4, 0.5) is 10.1 Å². The predicted molar refractivity (Wildman–Crippen MR) is 57.8 cm³/mol. The summed E-state index contributed by atoms with van der Waals surface area (Å²) < 4.78 is 13.3. The second-order valence-electron chi connectivity index (χ2n) is 3.20. The SMILES string of the molecule is NNC(=O)c1cnc2c(F)cccc2c1N. The van der Waals surface area contributed by atoms with E-state index in [0.29, 0.717) is 5.39 Å². The number of aromatic nitrogens is 1. The van der Waals surface area contributed by atoms with E-state index in [0.717, 1.165) is 0 Å². The molecule has 5 nitrogen and oxygen atoms in total. The van der Waals surface area contributed by atoms with Gasteiger partial charge in [0.2, 0.25) is 0 Å². The van der Waals surface area contributed by atoms with Gasteiger partial charge in [-0.1, -0.05) is 12.1 Å². The smallest absolute Gasteiger partial charge is 0.268 e. The Hall–Kier alpha value is -2.21. The average Bonchev–Trinajstić information content (AvgIpc) is 2.30. The van der Waals surface area contributed by atoms with Crippen LogP contribution in [-0.4, -0.2) is 10.9 Å². The molecule has 2 aromatic rings. The first-order valence-corrected chi connectivity index (χ1v) is 4.48. The summed E-state index contributed by atoms with van der Waals surface area (Å²) in [6.45, 7) is 0. The Kier molecular flexibility index (Phi) is 2.41. The van der Waals surface area contributed by atoms with E-state index >= 15 is 0 Å². The highest BCUT2D eigenvalue weighted by Crippen LogP contribution is 2.24. The largest absolute Gasteiger partial charge is 0.397 e. The first-order chi connectivity index (χ1) is 7.65. The lowest BCUT2D eigenvalue weighted by Gasteiger charge is -2.07. The van der Waals surface area contributed by atoms with Gasteiger partial charge in [0.15, 0.2) is 0 Å². The lowest BCUT2D eigenvalue weighted by molar-refractivity contribution is 0.0954. The Labute approximate surface area is 90.2 Å². The van der Waals surface area contributed by atoms with Crippen LogP contribution in [0.2, 0.25) is 0 Å². The molecule has 0 bridgehead atoms. The highest BCUT2D eigenvalue weighted by atomic mass is 19.1. The Morgan fingerprint density at radius 3 is 2.88 bits per heavy atom. The van der Waals surface area contributed by atoms with E-state index in [1.54, 1.807) is 6.07 Å². The number of amides is 1. The predicted octanol–water partition coefficient (Wildman–Crippen LogP) is 0.560. The summed E-state index contributed by atoms with van der Waals surface area (Å²) in [6, 6.07) is 4.37. The normalized spacial score (nSPS) is 10.4. The van der Waals surface area contributed by atoms with E-state index < -0.39 is 11.7 Å². The fourth-order valence-corrected chi connectivity index (χ4v) is 1.47. The number of benzene rings is 1. The molecule has 0 aliphatic carbocycles. The molecular formula is C10H9FN4O. The van der Waals surface area contributed by atoms with Gasteiger partial charge in [0, 0.05) is 11.6 Å². The number of nitrogens with zero attached hydrogens (tertiary/aromatic N) is 1. The van der Waals surface area contributed by atoms with Crippen molar-refractivity contribution in [2.24, 2.45) is 5.84 Å². The zero-order valence-electron chi connectivity index (χ0n) is 8.20. The Balaban J connectivity index is 2.75. The topological polar surface area (TPSA) is 94.0 Å². The average molecular weight is 220 g/mol. The molecule has 6 heteroatoms. The Morgan fingerprint density at radius 1 is 1.44 bits per heavy atom. The van der Waals surface area contributed by atoms with E-state index in [1.807, 2.05) is 5.43 Å². The molecule has 0 fully saturated rings. The first-order valence-electron chi connectivity index (χ1n) is 4.48. The number of nitrogens with two attached hydrogens (primary N) is 2. The van der Waals surface area contributed by atoms with Gasteiger partial charge in [0.1, 0.15) is 11.3 Å². The molecule has 1 amide bonds. The van der Waals surface area contributed by atoms with Gasteiger partial charge in [0.05, 0.1) is 11.3 Å². The highest BCUT2D eigenvalue weighted by Gasteiger charge is 2.13. The van der Waals surface area contributed by atoms with Crippen LogP contribution in [-0.2, 0) is 0 Å². The van der Waals surface area contributed by atoms with Crippen LogP contribution in [0.1, 0.15) is 10.4 Å². The summed E-state index contributed by atoms with van der Waals surface area (Å²) in [6.07, 6.45) is 1.20. The van der Waals surface area contributed by atoms with E-state index in [9.17, 15) is 9.18 Å². The van der Waals surface area contributed by atoms with Gasteiger partial charge < -0.3 is 5.73 Å². The number of rotatable bonds is 1. The van der Waals surface area contributed by atoms with Gasteiger partial charge in [0.25, 0.3) is 5.91 Å². The Morgan fingerprint density at radius 2 is 2.19 bits per heavy atom. The molecule has 1 aromatic carbocycles. The van der Waals surface area contributed by atoms with Crippen molar-refractivity contribution in [2.75, 3.05) is 5.73 Å². The molecule has 1 heterocycles. The fourth-order valence-electron chi connectivity index (χ4n) is 1.47. The third-order valence-corrected chi connectivity index (χ3v) is 2.27. The number of hydrazine groups is 1. The van der Waals surface area contributed by atoms with Crippen molar-refractivity contribution in [1.29, 1.82) is 0 Å². The first kappa shape index (κ1) is 10.3. The van der Waals surface area contributed by atoms with Crippen LogP contribution >= 0.6 is 0 Å². The molecule has 0 spiro atoms. The molecule has 5 N–H and O–H groups in total. The number of carbonyl (C=O) groups is 1. The number of para-hydroxylation sites is 1. The monoisotopic (exact) mass is 220 g/mol. The number of nitrogen functional groups attached to an aromatic ring is 2. The second-order valence-corrected chi connectivity index (χ2v) is 3.20. The number of hydrogen-bond acceptors (Lipinski definition) is 4. The van der Waals surface area contributed by atoms with Crippen molar-refractivity contribution in [3.8, 4) is 0 Å². The minimum atomic E-state index is -0.559. The molecule has 0 unspecified atom stereocenters. The molecule has 0 aliphatic rings. The third-order valence-electron chi connectivity index (χ3n) is 2.27. The minimum Gasteiger partial charge on any atom is -0.397 e. The van der Waals surface area contributed by atoms with Gasteiger partial charge in [-0.25, -0.2) is 10.2 Å². The zero-order chi connectivity index (χ0) is 11.7. The van der Waals surface area contributed by atoms with Crippen molar-refractivity contribution in [1.82, 2.24) is 10.4 Å². The van der Waals surface area contributed by atoms with Crippen LogP contribution in [0.15, 0.2) is 24.4 Å². The van der Waals surface area contributed by atoms with Crippen LogP contribution in [0.5, 0.6) is 0 Å². The van der Waals surface area contributed by atoms with Crippen molar-refractivity contribution < 1.29 is 9.18 Å². The summed E-state index contributed by atoms with van der Waals surface area (Å²) in [4.78, 5) is 15.2. The van der Waals surface area contributed by atoms with Crippen LogP contribution in [0.3, 0.4) is 0 Å². The highest BCUT2D eigenvalue weighted by molar-refractivity contribution is 6.06. The maximum atomic E-state index is 13.3. The maximum absolute atomic E-state index is 13.3. The summed E-state index contributed by atoms with van der Waals surface area (Å²) >= 11 is 0. The quantitative estimate of drug-likeness (QED) is 0.372. The number of fused-ring (bicyclic) bond motifs is 1. The van der Waals surface area contributed by atoms with Crippen molar-refractivity contribution in [3.05, 3.63) is 35.8 Å². The van der Waals surface area contributed by atoms with Crippen molar-refractivity contribution in [2.45, 2.75) is 0 Å². The molecule has 0 saturated carbocycles. The molecule has 0 aliphatic heterocycles. The number of anilines is 1. The molecule has 2 rings (SSSR count). The minimum absolute atomic E-state index is 0.126. The van der Waals surface area contributed by atoms with Crippen molar-refractivity contribution >= 4 is 22.5 Å². The van der Waals surface area contributed by atoms with Crippen LogP contribution < -0.4 is 17.0 Å². The van der Waals surface area contributed by atoms with Crippen LogP contribution in [0, 0.1) is 5.82 Å². The maximum Gasteiger partial charge on any atom is 0.268 e. The van der Waals surface area contributed by atoms with Crippen LogP contribution in [0.25, 0.3) is 10.9 Å². The standard InChI is InChI=1S/C10H9FN4O/c11-7-3-1-2-5-8(12)6(10(16)15-13)4-14-9(5)7/h1-4H,13H2,(H2,12,14)(H,15,16). The molecule has 82 valence electrons. The van der Waals surface area contributed by atoms with E-state index in [2.05, 4.69) is 4.98 Å². The van der Waals surface area contributed by atoms with E-state index in [-0.39, 0.29) is 16.8 Å². The summed E-state index contributed by atoms with van der Waals surface area (Å²) in [5.41, 5.74) is 8.11. The summed E-state index contributed by atoms with van der Waals surface area (Å²) in [5, 5.41) is 0.390. The van der Waals surface area contributed by atoms with Gasteiger partial charge in [-0.3, -0.25) is 15.2 Å².